The lowest BCUT2D eigenvalue weighted by Crippen LogP contribution is -2.48. The Kier molecular flexibility index (Phi) is 4.39. The second kappa shape index (κ2) is 5.94. The molecular weight excluding hydrogens is 290 g/mol. The van der Waals surface area contributed by atoms with Gasteiger partial charge in [0.1, 0.15) is 18.6 Å². The second-order valence-corrected chi connectivity index (χ2v) is 6.01. The number of hydrogen-bond acceptors (Lipinski definition) is 4. The molecule has 122 valence electrons. The van der Waals surface area contributed by atoms with Gasteiger partial charge in [0.15, 0.2) is 0 Å². The monoisotopic (exact) mass is 311 g/mol. The van der Waals surface area contributed by atoms with Crippen LogP contribution in [0.3, 0.4) is 0 Å². The molecule has 1 aliphatic carbocycles. The molecule has 0 aromatic heterocycles. The molecule has 2 aliphatic rings. The zero-order valence-corrected chi connectivity index (χ0v) is 12.8. The maximum atomic E-state index is 12.4. The number of carbonyl (C=O) groups excluding carboxylic acids is 3. The van der Waals surface area contributed by atoms with E-state index in [2.05, 4.69) is 5.32 Å². The van der Waals surface area contributed by atoms with Crippen LogP contribution in [0.4, 0.5) is 4.79 Å². The molecule has 4 amide bonds. The first-order chi connectivity index (χ1) is 10.3. The van der Waals surface area contributed by atoms with Gasteiger partial charge in [0, 0.05) is 6.54 Å². The summed E-state index contributed by atoms with van der Waals surface area (Å²) < 4.78 is 0. The molecule has 0 aromatic rings. The third-order valence-corrected chi connectivity index (χ3v) is 4.16. The maximum absolute atomic E-state index is 12.4. The molecule has 0 bridgehead atoms. The summed E-state index contributed by atoms with van der Waals surface area (Å²) >= 11 is 0. The predicted molar refractivity (Wildman–Crippen MR) is 75.9 cm³/mol. The van der Waals surface area contributed by atoms with Crippen molar-refractivity contribution in [1.29, 1.82) is 0 Å². The van der Waals surface area contributed by atoms with E-state index in [1.54, 1.807) is 6.92 Å². The maximum Gasteiger partial charge on any atom is 0.325 e. The summed E-state index contributed by atoms with van der Waals surface area (Å²) in [5.74, 6) is -1.94. The van der Waals surface area contributed by atoms with Crippen LogP contribution >= 0.6 is 0 Å². The van der Waals surface area contributed by atoms with Crippen molar-refractivity contribution in [3.05, 3.63) is 0 Å². The molecule has 1 saturated carbocycles. The largest absolute Gasteiger partial charge is 0.480 e. The van der Waals surface area contributed by atoms with E-state index in [9.17, 15) is 19.2 Å². The van der Waals surface area contributed by atoms with Gasteiger partial charge in [-0.25, -0.2) is 4.79 Å². The fourth-order valence-corrected chi connectivity index (χ4v) is 2.76. The van der Waals surface area contributed by atoms with Gasteiger partial charge in [-0.1, -0.05) is 6.92 Å². The number of urea groups is 1. The highest BCUT2D eigenvalue weighted by atomic mass is 16.4. The molecule has 1 atom stereocenters. The van der Waals surface area contributed by atoms with E-state index in [0.717, 1.165) is 22.6 Å². The summed E-state index contributed by atoms with van der Waals surface area (Å²) in [6.45, 7) is 2.92. The van der Waals surface area contributed by atoms with E-state index in [-0.39, 0.29) is 12.5 Å². The van der Waals surface area contributed by atoms with Crippen LogP contribution in [0.5, 0.6) is 0 Å². The van der Waals surface area contributed by atoms with Crippen molar-refractivity contribution in [2.75, 3.05) is 19.6 Å². The number of aliphatic carboxylic acids is 1. The summed E-state index contributed by atoms with van der Waals surface area (Å²) in [7, 11) is 0. The van der Waals surface area contributed by atoms with Gasteiger partial charge >= 0.3 is 12.0 Å². The van der Waals surface area contributed by atoms with Crippen molar-refractivity contribution in [1.82, 2.24) is 15.1 Å². The molecule has 22 heavy (non-hydrogen) atoms. The van der Waals surface area contributed by atoms with Crippen molar-refractivity contribution < 1.29 is 24.3 Å². The standard InChI is InChI=1S/C14H21N3O5/c1-3-6-16(8-11(19)20)10(18)7-17-12(21)14(2,9-4-5-9)15-13(17)22/h9H,3-8H2,1-2H3,(H,15,22)(H,19,20). The lowest BCUT2D eigenvalue weighted by atomic mass is 9.96. The quantitative estimate of drug-likeness (QED) is 0.645. The Morgan fingerprint density at radius 3 is 2.55 bits per heavy atom. The number of amides is 4. The van der Waals surface area contributed by atoms with Gasteiger partial charge in [-0.2, -0.15) is 0 Å². The lowest BCUT2D eigenvalue weighted by Gasteiger charge is -2.23. The molecule has 0 spiro atoms. The number of carboxylic acid groups (broad SMARTS) is 1. The molecule has 1 saturated heterocycles. The Bertz CT molecular complexity index is 517. The van der Waals surface area contributed by atoms with Gasteiger partial charge in [0.25, 0.3) is 5.91 Å². The molecule has 0 aromatic carbocycles. The SMILES string of the molecule is CCCN(CC(=O)O)C(=O)CN1C(=O)NC(C)(C2CC2)C1=O. The van der Waals surface area contributed by atoms with Crippen LogP contribution in [0.2, 0.25) is 0 Å². The first-order valence-electron chi connectivity index (χ1n) is 7.43. The number of nitrogens with one attached hydrogen (secondary N) is 1. The van der Waals surface area contributed by atoms with Gasteiger partial charge < -0.3 is 15.3 Å². The molecule has 1 unspecified atom stereocenters. The second-order valence-electron chi connectivity index (χ2n) is 6.01. The third-order valence-electron chi connectivity index (χ3n) is 4.16. The van der Waals surface area contributed by atoms with E-state index < -0.39 is 42.4 Å². The zero-order chi connectivity index (χ0) is 16.5. The first kappa shape index (κ1) is 16.3. The van der Waals surface area contributed by atoms with E-state index >= 15 is 0 Å². The summed E-state index contributed by atoms with van der Waals surface area (Å²) in [5, 5.41) is 11.5. The van der Waals surface area contributed by atoms with Gasteiger partial charge in [0.2, 0.25) is 5.91 Å². The Labute approximate surface area is 128 Å². The van der Waals surface area contributed by atoms with Gasteiger partial charge in [-0.3, -0.25) is 19.3 Å². The van der Waals surface area contributed by atoms with Crippen LogP contribution < -0.4 is 5.32 Å². The fraction of sp³-hybridized carbons (Fsp3) is 0.714. The highest BCUT2D eigenvalue weighted by Crippen LogP contribution is 2.42. The molecule has 2 N–H and O–H groups in total. The number of imide groups is 1. The van der Waals surface area contributed by atoms with Crippen LogP contribution in [-0.4, -0.2) is 63.9 Å². The van der Waals surface area contributed by atoms with Crippen molar-refractivity contribution in [3.63, 3.8) is 0 Å². The predicted octanol–water partition coefficient (Wildman–Crippen LogP) is 0.0301. The van der Waals surface area contributed by atoms with E-state index in [1.807, 2.05) is 6.92 Å². The third kappa shape index (κ3) is 3.05. The highest BCUT2D eigenvalue weighted by Gasteiger charge is 2.56. The minimum absolute atomic E-state index is 0.120. The first-order valence-corrected chi connectivity index (χ1v) is 7.43. The summed E-state index contributed by atoms with van der Waals surface area (Å²) in [6, 6.07) is -0.584. The summed E-state index contributed by atoms with van der Waals surface area (Å²) in [4.78, 5) is 49.4. The topological polar surface area (TPSA) is 107 Å². The number of rotatable bonds is 7. The van der Waals surface area contributed by atoms with E-state index in [0.29, 0.717) is 6.42 Å². The fourth-order valence-electron chi connectivity index (χ4n) is 2.76. The van der Waals surface area contributed by atoms with Crippen LogP contribution in [0.1, 0.15) is 33.1 Å². The molecule has 2 rings (SSSR count). The van der Waals surface area contributed by atoms with Gasteiger partial charge in [-0.15, -0.1) is 0 Å². The van der Waals surface area contributed by atoms with E-state index in [4.69, 9.17) is 5.11 Å². The molecule has 1 aliphatic heterocycles. The average Bonchev–Trinajstić information content (AvgIpc) is 3.24. The van der Waals surface area contributed by atoms with Crippen molar-refractivity contribution in [2.24, 2.45) is 5.92 Å². The molecular formula is C14H21N3O5. The minimum Gasteiger partial charge on any atom is -0.480 e. The number of nitrogens with zero attached hydrogens (tertiary/aromatic N) is 2. The molecule has 2 fully saturated rings. The summed E-state index contributed by atoms with van der Waals surface area (Å²) in [5.41, 5.74) is -0.931. The van der Waals surface area contributed by atoms with Crippen LogP contribution in [-0.2, 0) is 14.4 Å². The molecule has 8 heteroatoms. The summed E-state index contributed by atoms with van der Waals surface area (Å²) in [6.07, 6.45) is 2.36. The lowest BCUT2D eigenvalue weighted by molar-refractivity contribution is -0.145. The Hall–Kier alpha value is -2.12. The van der Waals surface area contributed by atoms with Crippen molar-refractivity contribution in [3.8, 4) is 0 Å². The normalized spacial score (nSPS) is 24.4. The Morgan fingerprint density at radius 1 is 1.41 bits per heavy atom. The van der Waals surface area contributed by atoms with Crippen LogP contribution in [0, 0.1) is 5.92 Å². The smallest absolute Gasteiger partial charge is 0.325 e. The molecule has 8 nitrogen and oxygen atoms in total. The van der Waals surface area contributed by atoms with Crippen LogP contribution in [0.15, 0.2) is 0 Å². The highest BCUT2D eigenvalue weighted by molar-refractivity contribution is 6.09. The average molecular weight is 311 g/mol. The molecule has 0 radical (unpaired) electrons. The number of carbonyl (C=O) groups is 4. The zero-order valence-electron chi connectivity index (χ0n) is 12.8. The molecule has 1 heterocycles. The Balaban J connectivity index is 2.05. The van der Waals surface area contributed by atoms with Crippen LogP contribution in [0.25, 0.3) is 0 Å². The Morgan fingerprint density at radius 2 is 2.05 bits per heavy atom. The van der Waals surface area contributed by atoms with Crippen molar-refractivity contribution >= 4 is 23.8 Å². The van der Waals surface area contributed by atoms with Gasteiger partial charge in [-0.05, 0) is 32.1 Å². The van der Waals surface area contributed by atoms with Crippen molar-refractivity contribution in [2.45, 2.75) is 38.6 Å². The minimum atomic E-state index is -1.12. The number of hydrogen-bond donors (Lipinski definition) is 2. The van der Waals surface area contributed by atoms with E-state index in [1.165, 1.54) is 0 Å². The number of carboxylic acids is 1. The van der Waals surface area contributed by atoms with Gasteiger partial charge in [0.05, 0.1) is 0 Å².